The third-order valence-electron chi connectivity index (χ3n) is 3.44. The SMILES string of the molecule is C[C@@H](NC(=O)c1cc(Cl)c[nH]1)c1ccc(-n2ccnc2)cc1. The van der Waals surface area contributed by atoms with E-state index in [0.29, 0.717) is 10.7 Å². The van der Waals surface area contributed by atoms with Crippen molar-refractivity contribution >= 4 is 17.5 Å². The lowest BCUT2D eigenvalue weighted by molar-refractivity contribution is 0.0935. The molecular weight excluding hydrogens is 300 g/mol. The summed E-state index contributed by atoms with van der Waals surface area (Å²) in [4.78, 5) is 18.9. The number of amides is 1. The molecule has 3 rings (SSSR count). The van der Waals surface area contributed by atoms with Crippen molar-refractivity contribution in [3.05, 3.63) is 71.5 Å². The first-order valence-electron chi connectivity index (χ1n) is 6.86. The Balaban J connectivity index is 1.69. The van der Waals surface area contributed by atoms with E-state index in [-0.39, 0.29) is 11.9 Å². The first-order valence-corrected chi connectivity index (χ1v) is 7.24. The van der Waals surface area contributed by atoms with Crippen LogP contribution in [0.1, 0.15) is 29.0 Å². The van der Waals surface area contributed by atoms with Crippen LogP contribution in [0, 0.1) is 0 Å². The second kappa shape index (κ2) is 6.07. The van der Waals surface area contributed by atoms with E-state index in [2.05, 4.69) is 15.3 Å². The van der Waals surface area contributed by atoms with Crippen molar-refractivity contribution in [2.75, 3.05) is 0 Å². The van der Waals surface area contributed by atoms with Gasteiger partial charge in [0.1, 0.15) is 5.69 Å². The van der Waals surface area contributed by atoms with Crippen LogP contribution in [0.15, 0.2) is 55.2 Å². The molecule has 0 aliphatic carbocycles. The highest BCUT2D eigenvalue weighted by Crippen LogP contribution is 2.17. The fraction of sp³-hybridized carbons (Fsp3) is 0.125. The molecule has 0 unspecified atom stereocenters. The summed E-state index contributed by atoms with van der Waals surface area (Å²) in [6.07, 6.45) is 6.95. The van der Waals surface area contributed by atoms with Gasteiger partial charge in [-0.25, -0.2) is 4.98 Å². The molecule has 112 valence electrons. The number of aromatic nitrogens is 3. The summed E-state index contributed by atoms with van der Waals surface area (Å²) in [6, 6.07) is 9.46. The van der Waals surface area contributed by atoms with E-state index in [0.717, 1.165) is 11.3 Å². The Morgan fingerprint density at radius 2 is 2.14 bits per heavy atom. The molecule has 2 aromatic heterocycles. The van der Waals surface area contributed by atoms with E-state index < -0.39 is 0 Å². The van der Waals surface area contributed by atoms with Crippen molar-refractivity contribution in [2.24, 2.45) is 0 Å². The number of H-pyrrole nitrogens is 1. The van der Waals surface area contributed by atoms with Gasteiger partial charge in [-0.3, -0.25) is 4.79 Å². The van der Waals surface area contributed by atoms with Gasteiger partial charge in [0.2, 0.25) is 0 Å². The minimum Gasteiger partial charge on any atom is -0.356 e. The van der Waals surface area contributed by atoms with Gasteiger partial charge in [-0.2, -0.15) is 0 Å². The minimum atomic E-state index is -0.182. The molecule has 22 heavy (non-hydrogen) atoms. The van der Waals surface area contributed by atoms with Gasteiger partial charge < -0.3 is 14.9 Å². The molecule has 6 heteroatoms. The standard InChI is InChI=1S/C16H15ClN4O/c1-11(20-16(22)15-8-13(17)9-19-15)12-2-4-14(5-3-12)21-7-6-18-10-21/h2-11,19H,1H3,(H,20,22)/t11-/m1/s1. The Hall–Kier alpha value is -2.53. The maximum atomic E-state index is 12.1. The number of benzene rings is 1. The summed E-state index contributed by atoms with van der Waals surface area (Å²) in [5.41, 5.74) is 2.50. The van der Waals surface area contributed by atoms with Gasteiger partial charge in [0.15, 0.2) is 0 Å². The van der Waals surface area contributed by atoms with Crippen molar-refractivity contribution in [3.63, 3.8) is 0 Å². The van der Waals surface area contributed by atoms with Gasteiger partial charge in [-0.05, 0) is 30.7 Å². The molecule has 2 N–H and O–H groups in total. The highest BCUT2D eigenvalue weighted by Gasteiger charge is 2.13. The Morgan fingerprint density at radius 1 is 1.36 bits per heavy atom. The second-order valence-corrected chi connectivity index (χ2v) is 5.42. The number of carbonyl (C=O) groups excluding carboxylic acids is 1. The number of carbonyl (C=O) groups is 1. The predicted molar refractivity (Wildman–Crippen MR) is 85.2 cm³/mol. The van der Waals surface area contributed by atoms with Crippen LogP contribution in [-0.4, -0.2) is 20.4 Å². The fourth-order valence-corrected chi connectivity index (χ4v) is 2.37. The third kappa shape index (κ3) is 3.04. The molecule has 0 saturated carbocycles. The van der Waals surface area contributed by atoms with Gasteiger partial charge in [-0.1, -0.05) is 23.7 Å². The summed E-state index contributed by atoms with van der Waals surface area (Å²) >= 11 is 5.81. The first-order chi connectivity index (χ1) is 10.6. The number of nitrogens with one attached hydrogen (secondary N) is 2. The number of rotatable bonds is 4. The summed E-state index contributed by atoms with van der Waals surface area (Å²) in [5.74, 6) is -0.182. The molecule has 0 aliphatic heterocycles. The zero-order chi connectivity index (χ0) is 15.5. The molecule has 3 aromatic rings. The number of hydrogen-bond donors (Lipinski definition) is 2. The number of nitrogens with zero attached hydrogens (tertiary/aromatic N) is 2. The summed E-state index contributed by atoms with van der Waals surface area (Å²) < 4.78 is 1.92. The Morgan fingerprint density at radius 3 is 2.73 bits per heavy atom. The molecular formula is C16H15ClN4O. The maximum Gasteiger partial charge on any atom is 0.268 e. The van der Waals surface area contributed by atoms with Crippen LogP contribution in [0.25, 0.3) is 5.69 Å². The third-order valence-corrected chi connectivity index (χ3v) is 3.65. The molecule has 0 bridgehead atoms. The van der Waals surface area contributed by atoms with E-state index in [1.54, 1.807) is 24.8 Å². The van der Waals surface area contributed by atoms with Crippen LogP contribution in [0.4, 0.5) is 0 Å². The first kappa shape index (κ1) is 14.4. The van der Waals surface area contributed by atoms with E-state index in [9.17, 15) is 4.79 Å². The highest BCUT2D eigenvalue weighted by molar-refractivity contribution is 6.30. The van der Waals surface area contributed by atoms with Crippen molar-refractivity contribution in [3.8, 4) is 5.69 Å². The van der Waals surface area contributed by atoms with Gasteiger partial charge in [0, 0.05) is 24.3 Å². The molecule has 0 aliphatic rings. The maximum absolute atomic E-state index is 12.1. The summed E-state index contributed by atoms with van der Waals surface area (Å²) in [6.45, 7) is 1.94. The van der Waals surface area contributed by atoms with Crippen LogP contribution < -0.4 is 5.32 Å². The van der Waals surface area contributed by atoms with Crippen molar-refractivity contribution in [2.45, 2.75) is 13.0 Å². The number of aromatic amines is 1. The van der Waals surface area contributed by atoms with E-state index in [4.69, 9.17) is 11.6 Å². The average molecular weight is 315 g/mol. The monoisotopic (exact) mass is 314 g/mol. The zero-order valence-electron chi connectivity index (χ0n) is 12.0. The van der Waals surface area contributed by atoms with Gasteiger partial charge in [0.25, 0.3) is 5.91 Å². The Kier molecular flexibility index (Phi) is 3.98. The van der Waals surface area contributed by atoms with Crippen LogP contribution in [-0.2, 0) is 0 Å². The minimum absolute atomic E-state index is 0.105. The van der Waals surface area contributed by atoms with Crippen LogP contribution in [0.5, 0.6) is 0 Å². The second-order valence-electron chi connectivity index (χ2n) is 4.99. The van der Waals surface area contributed by atoms with Crippen molar-refractivity contribution in [1.82, 2.24) is 19.9 Å². The molecule has 5 nitrogen and oxygen atoms in total. The van der Waals surface area contributed by atoms with E-state index in [1.165, 1.54) is 0 Å². The van der Waals surface area contributed by atoms with E-state index in [1.807, 2.05) is 42.0 Å². The molecule has 2 heterocycles. The van der Waals surface area contributed by atoms with Crippen molar-refractivity contribution < 1.29 is 4.79 Å². The average Bonchev–Trinajstić information content (AvgIpc) is 3.18. The zero-order valence-corrected chi connectivity index (χ0v) is 12.7. The number of imidazole rings is 1. The van der Waals surface area contributed by atoms with Gasteiger partial charge >= 0.3 is 0 Å². The predicted octanol–water partition coefficient (Wildman–Crippen LogP) is 3.34. The fourth-order valence-electron chi connectivity index (χ4n) is 2.20. The summed E-state index contributed by atoms with van der Waals surface area (Å²) in [7, 11) is 0. The number of hydrogen-bond acceptors (Lipinski definition) is 2. The smallest absolute Gasteiger partial charge is 0.268 e. The quantitative estimate of drug-likeness (QED) is 0.775. The lowest BCUT2D eigenvalue weighted by atomic mass is 10.1. The lowest BCUT2D eigenvalue weighted by Gasteiger charge is -2.14. The van der Waals surface area contributed by atoms with Crippen molar-refractivity contribution in [1.29, 1.82) is 0 Å². The number of halogens is 1. The van der Waals surface area contributed by atoms with Crippen LogP contribution >= 0.6 is 11.6 Å². The van der Waals surface area contributed by atoms with Crippen LogP contribution in [0.2, 0.25) is 5.02 Å². The molecule has 0 spiro atoms. The van der Waals surface area contributed by atoms with E-state index >= 15 is 0 Å². The van der Waals surface area contributed by atoms with Gasteiger partial charge in [0.05, 0.1) is 17.4 Å². The highest BCUT2D eigenvalue weighted by atomic mass is 35.5. The molecule has 0 saturated heterocycles. The topological polar surface area (TPSA) is 62.7 Å². The molecule has 0 radical (unpaired) electrons. The Labute approximate surface area is 133 Å². The van der Waals surface area contributed by atoms with Gasteiger partial charge in [-0.15, -0.1) is 0 Å². The normalized spacial score (nSPS) is 12.1. The largest absolute Gasteiger partial charge is 0.356 e. The molecule has 1 atom stereocenters. The lowest BCUT2D eigenvalue weighted by Crippen LogP contribution is -2.26. The summed E-state index contributed by atoms with van der Waals surface area (Å²) in [5, 5.41) is 3.45. The Bertz CT molecular complexity index is 762. The molecule has 1 aromatic carbocycles. The van der Waals surface area contributed by atoms with Crippen LogP contribution in [0.3, 0.4) is 0 Å². The molecule has 0 fully saturated rings. The molecule has 1 amide bonds.